The molecule has 0 radical (unpaired) electrons. The Hall–Kier alpha value is -2.63. The number of nitrogens with one attached hydrogen (secondary N) is 1. The number of rotatable bonds is 9. The van der Waals surface area contributed by atoms with Crippen LogP contribution < -0.4 is 5.32 Å². The summed E-state index contributed by atoms with van der Waals surface area (Å²) in [5, 5.41) is 3.05. The van der Waals surface area contributed by atoms with E-state index in [4.69, 9.17) is 4.74 Å². The van der Waals surface area contributed by atoms with E-state index in [2.05, 4.69) is 62.0 Å². The van der Waals surface area contributed by atoms with E-state index in [1.165, 1.54) is 6.42 Å². The van der Waals surface area contributed by atoms with Crippen molar-refractivity contribution in [1.82, 2.24) is 19.6 Å². The second-order valence-corrected chi connectivity index (χ2v) is 14.5. The van der Waals surface area contributed by atoms with Crippen LogP contribution in [0.4, 0.5) is 15.3 Å². The number of amides is 4. The van der Waals surface area contributed by atoms with Crippen molar-refractivity contribution in [2.24, 2.45) is 5.92 Å². The molecule has 11 heteroatoms. The lowest BCUT2D eigenvalue weighted by Crippen LogP contribution is -2.54. The van der Waals surface area contributed by atoms with Crippen LogP contribution in [0.3, 0.4) is 0 Å². The van der Waals surface area contributed by atoms with E-state index in [0.29, 0.717) is 57.9 Å². The van der Waals surface area contributed by atoms with Crippen LogP contribution >= 0.6 is 31.9 Å². The zero-order chi connectivity index (χ0) is 31.9. The van der Waals surface area contributed by atoms with Crippen molar-refractivity contribution in [2.75, 3.05) is 57.7 Å². The molecule has 0 unspecified atom stereocenters. The average molecular weight is 748 g/mol. The quantitative estimate of drug-likeness (QED) is 0.322. The van der Waals surface area contributed by atoms with Gasteiger partial charge in [0.25, 0.3) is 5.91 Å². The van der Waals surface area contributed by atoms with E-state index in [1.807, 2.05) is 46.2 Å². The molecule has 0 bridgehead atoms. The molecule has 2 aromatic rings. The summed E-state index contributed by atoms with van der Waals surface area (Å²) < 4.78 is 7.83. The molecule has 1 N–H and O–H groups in total. The van der Waals surface area contributed by atoms with Gasteiger partial charge in [-0.05, 0) is 106 Å². The summed E-state index contributed by atoms with van der Waals surface area (Å²) in [6.07, 6.45) is 3.41. The van der Waals surface area contributed by atoms with Crippen molar-refractivity contribution in [1.29, 1.82) is 0 Å². The zero-order valence-electron chi connectivity index (χ0n) is 26.4. The molecule has 0 aromatic heterocycles. The van der Waals surface area contributed by atoms with Gasteiger partial charge in [0, 0.05) is 72.9 Å². The minimum atomic E-state index is -0.911. The number of piperidine rings is 1. The molecule has 5 rings (SSSR count). The first-order valence-electron chi connectivity index (χ1n) is 16.2. The summed E-state index contributed by atoms with van der Waals surface area (Å²) in [7, 11) is 0. The maximum atomic E-state index is 13.8. The lowest BCUT2D eigenvalue weighted by molar-refractivity contribution is -0.142. The number of carbonyl (C=O) groups excluding carboxylic acids is 3. The van der Waals surface area contributed by atoms with Crippen LogP contribution in [0.5, 0.6) is 0 Å². The molecule has 1 atom stereocenters. The molecule has 2 aromatic carbocycles. The number of nitrogens with zero attached hydrogens (tertiary/aromatic N) is 4. The van der Waals surface area contributed by atoms with Crippen molar-refractivity contribution >= 4 is 55.6 Å². The van der Waals surface area contributed by atoms with Gasteiger partial charge in [0.05, 0.1) is 0 Å². The fraction of sp³-hybridized carbons (Fsp3) is 0.559. The highest BCUT2D eigenvalue weighted by molar-refractivity contribution is 9.13. The normalized spacial score (nSPS) is 18.8. The summed E-state index contributed by atoms with van der Waals surface area (Å²) >= 11 is 7.07. The minimum absolute atomic E-state index is 0.0396. The molecule has 3 aliphatic heterocycles. The Kier molecular flexibility index (Phi) is 11.8. The monoisotopic (exact) mass is 745 g/mol. The summed E-state index contributed by atoms with van der Waals surface area (Å²) in [5.74, 6) is 0.555. The SMILES string of the molecule is CC(C)CCCN1CCN(C(=O)[C@@H](Cc2ccc(Br)c(Br)c2)OC(=O)N2CCC(N3CCc4ccccc4NC3=O)CC2)CC1. The van der Waals surface area contributed by atoms with Gasteiger partial charge in [-0.25, -0.2) is 9.59 Å². The minimum Gasteiger partial charge on any atom is -0.436 e. The number of urea groups is 1. The predicted molar refractivity (Wildman–Crippen MR) is 183 cm³/mol. The Balaban J connectivity index is 1.18. The molecular formula is C34H45Br2N5O4. The number of fused-ring (bicyclic) bond motifs is 1. The van der Waals surface area contributed by atoms with Gasteiger partial charge in [0.1, 0.15) is 0 Å². The van der Waals surface area contributed by atoms with E-state index in [9.17, 15) is 14.4 Å². The Labute approximate surface area is 283 Å². The molecule has 2 saturated heterocycles. The van der Waals surface area contributed by atoms with Crippen LogP contribution in [-0.2, 0) is 22.4 Å². The number of halogens is 2. The van der Waals surface area contributed by atoms with Gasteiger partial charge >= 0.3 is 12.1 Å². The van der Waals surface area contributed by atoms with Crippen molar-refractivity contribution in [2.45, 2.75) is 64.5 Å². The van der Waals surface area contributed by atoms with Crippen molar-refractivity contribution in [3.8, 4) is 0 Å². The van der Waals surface area contributed by atoms with Gasteiger partial charge in [0.2, 0.25) is 0 Å². The molecule has 4 amide bonds. The van der Waals surface area contributed by atoms with Crippen molar-refractivity contribution < 1.29 is 19.1 Å². The van der Waals surface area contributed by atoms with Crippen LogP contribution in [0.2, 0.25) is 0 Å². The third kappa shape index (κ3) is 9.01. The van der Waals surface area contributed by atoms with Crippen molar-refractivity contribution in [3.63, 3.8) is 0 Å². The number of para-hydroxylation sites is 1. The van der Waals surface area contributed by atoms with Crippen LogP contribution in [0, 0.1) is 5.92 Å². The third-order valence-corrected chi connectivity index (χ3v) is 11.0. The van der Waals surface area contributed by atoms with Gasteiger partial charge in [-0.15, -0.1) is 0 Å². The van der Waals surface area contributed by atoms with E-state index in [-0.39, 0.29) is 18.0 Å². The van der Waals surface area contributed by atoms with Gasteiger partial charge in [-0.1, -0.05) is 38.1 Å². The zero-order valence-corrected chi connectivity index (χ0v) is 29.5. The Morgan fingerprint density at radius 1 is 0.933 bits per heavy atom. The molecule has 0 aliphatic carbocycles. The maximum absolute atomic E-state index is 13.8. The number of piperazine rings is 1. The van der Waals surface area contributed by atoms with Gasteiger partial charge < -0.3 is 24.8 Å². The van der Waals surface area contributed by atoms with Crippen LogP contribution in [-0.4, -0.2) is 102 Å². The van der Waals surface area contributed by atoms with E-state index in [1.54, 1.807) is 4.90 Å². The molecule has 244 valence electrons. The van der Waals surface area contributed by atoms with Gasteiger partial charge in [-0.2, -0.15) is 0 Å². The Morgan fingerprint density at radius 3 is 2.38 bits per heavy atom. The van der Waals surface area contributed by atoms with Crippen LogP contribution in [0.1, 0.15) is 50.7 Å². The molecule has 3 heterocycles. The summed E-state index contributed by atoms with van der Waals surface area (Å²) in [5.41, 5.74) is 2.91. The predicted octanol–water partition coefficient (Wildman–Crippen LogP) is 6.39. The first-order chi connectivity index (χ1) is 21.7. The molecule has 0 spiro atoms. The lowest BCUT2D eigenvalue weighted by atomic mass is 10.0. The van der Waals surface area contributed by atoms with Gasteiger partial charge in [0.15, 0.2) is 6.10 Å². The number of anilines is 1. The standard InChI is InChI=1S/C34H45Br2N5O4/c1-24(2)6-5-14-38-18-20-39(21-19-38)32(42)31(23-25-9-10-28(35)29(36)22-25)45-34(44)40-15-12-27(13-16-40)41-17-11-26-7-3-4-8-30(26)37-33(41)43/h3-4,7-10,22,24,27,31H,5-6,11-21,23H2,1-2H3,(H,37,43)/t31-/m1/s1. The van der Waals surface area contributed by atoms with E-state index >= 15 is 0 Å². The molecule has 45 heavy (non-hydrogen) atoms. The number of hydrogen-bond acceptors (Lipinski definition) is 5. The highest BCUT2D eigenvalue weighted by Gasteiger charge is 2.35. The number of benzene rings is 2. The first kappa shape index (κ1) is 33.7. The van der Waals surface area contributed by atoms with Crippen molar-refractivity contribution in [3.05, 3.63) is 62.5 Å². The fourth-order valence-corrected chi connectivity index (χ4v) is 7.15. The molecular weight excluding hydrogens is 702 g/mol. The second kappa shape index (κ2) is 15.8. The van der Waals surface area contributed by atoms with E-state index in [0.717, 1.165) is 58.2 Å². The molecule has 2 fully saturated rings. The maximum Gasteiger partial charge on any atom is 0.410 e. The van der Waals surface area contributed by atoms with Crippen LogP contribution in [0.15, 0.2) is 51.4 Å². The van der Waals surface area contributed by atoms with Gasteiger partial charge in [-0.3, -0.25) is 9.69 Å². The third-order valence-electron chi connectivity index (χ3n) is 9.17. The number of likely N-dealkylation sites (tertiary alicyclic amines) is 1. The molecule has 9 nitrogen and oxygen atoms in total. The number of ether oxygens (including phenoxy) is 1. The highest BCUT2D eigenvalue weighted by atomic mass is 79.9. The number of carbonyl (C=O) groups is 3. The summed E-state index contributed by atoms with van der Waals surface area (Å²) in [4.78, 5) is 48.2. The Morgan fingerprint density at radius 2 is 1.67 bits per heavy atom. The Bertz CT molecular complexity index is 1340. The average Bonchev–Trinajstić information content (AvgIpc) is 3.20. The summed E-state index contributed by atoms with van der Waals surface area (Å²) in [6, 6.07) is 13.7. The number of hydrogen-bond donors (Lipinski definition) is 1. The molecule has 0 saturated carbocycles. The lowest BCUT2D eigenvalue weighted by Gasteiger charge is -2.38. The first-order valence-corrected chi connectivity index (χ1v) is 17.8. The largest absolute Gasteiger partial charge is 0.436 e. The second-order valence-electron chi connectivity index (χ2n) is 12.8. The van der Waals surface area contributed by atoms with E-state index < -0.39 is 12.2 Å². The van der Waals surface area contributed by atoms with Crippen LogP contribution in [0.25, 0.3) is 0 Å². The topological polar surface area (TPSA) is 85.4 Å². The fourth-order valence-electron chi connectivity index (χ4n) is 6.47. The highest BCUT2D eigenvalue weighted by Crippen LogP contribution is 2.27. The summed E-state index contributed by atoms with van der Waals surface area (Å²) in [6.45, 7) is 10.1. The smallest absolute Gasteiger partial charge is 0.410 e. The molecule has 3 aliphatic rings.